The van der Waals surface area contributed by atoms with Gasteiger partial charge in [-0.15, -0.1) is 11.8 Å². The molecule has 1 heterocycles. The Hall–Kier alpha value is -1.01. The first kappa shape index (κ1) is 16.4. The first-order chi connectivity index (χ1) is 10.2. The van der Waals surface area contributed by atoms with Crippen LogP contribution >= 0.6 is 23.4 Å². The molecule has 0 bridgehead atoms. The Bertz CT molecular complexity index is 571. The van der Waals surface area contributed by atoms with Gasteiger partial charge in [0, 0.05) is 12.0 Å². The van der Waals surface area contributed by atoms with Crippen molar-refractivity contribution in [3.05, 3.63) is 46.7 Å². The largest absolute Gasteiger partial charge is 0.383 e. The molecule has 2 rings (SSSR count). The van der Waals surface area contributed by atoms with E-state index >= 15 is 0 Å². The number of ether oxygens (including phenoxy) is 1. The minimum atomic E-state index is -0.294. The topological polar surface area (TPSA) is 53.1 Å². The normalized spacial score (nSPS) is 12.6. The smallest absolute Gasteiger partial charge is 0.0837 e. The summed E-state index contributed by atoms with van der Waals surface area (Å²) in [5.41, 5.74) is 8.21. The maximum Gasteiger partial charge on any atom is 0.0837 e. The van der Waals surface area contributed by atoms with Crippen molar-refractivity contribution in [2.24, 2.45) is 5.73 Å². The molecule has 0 amide bonds. The molecule has 1 unspecified atom stereocenters. The molecule has 21 heavy (non-hydrogen) atoms. The minimum absolute atomic E-state index is 0.294. The summed E-state index contributed by atoms with van der Waals surface area (Å²) in [6.45, 7) is 3.35. The standard InChI is InChI=1S/C15H20ClN3OS/c1-3-21-12-6-4-11(5-7-12)14(17)15-13(16)10-18-19(15)8-9-20-2/h4-7,10,14H,3,8-9,17H2,1-2H3. The predicted octanol–water partition coefficient (Wildman–Crippen LogP) is 3.34. The summed E-state index contributed by atoms with van der Waals surface area (Å²) in [4.78, 5) is 1.24. The zero-order valence-corrected chi connectivity index (χ0v) is 13.8. The molecule has 0 spiro atoms. The fraction of sp³-hybridized carbons (Fsp3) is 0.400. The molecule has 114 valence electrons. The third-order valence-corrected chi connectivity index (χ3v) is 4.37. The fourth-order valence-electron chi connectivity index (χ4n) is 2.13. The van der Waals surface area contributed by atoms with E-state index in [1.54, 1.807) is 13.3 Å². The van der Waals surface area contributed by atoms with Gasteiger partial charge in [0.15, 0.2) is 0 Å². The minimum Gasteiger partial charge on any atom is -0.383 e. The van der Waals surface area contributed by atoms with Gasteiger partial charge in [0.25, 0.3) is 0 Å². The maximum absolute atomic E-state index is 6.37. The Morgan fingerprint density at radius 1 is 1.38 bits per heavy atom. The summed E-state index contributed by atoms with van der Waals surface area (Å²) >= 11 is 8.05. The van der Waals surface area contributed by atoms with Crippen LogP contribution in [0, 0.1) is 0 Å². The zero-order valence-electron chi connectivity index (χ0n) is 12.3. The van der Waals surface area contributed by atoms with E-state index < -0.39 is 0 Å². The van der Waals surface area contributed by atoms with Gasteiger partial charge in [-0.2, -0.15) is 5.10 Å². The lowest BCUT2D eigenvalue weighted by Crippen LogP contribution is -2.19. The van der Waals surface area contributed by atoms with Gasteiger partial charge in [-0.1, -0.05) is 30.7 Å². The number of rotatable bonds is 7. The number of benzene rings is 1. The van der Waals surface area contributed by atoms with Crippen LogP contribution in [0.5, 0.6) is 0 Å². The lowest BCUT2D eigenvalue weighted by atomic mass is 10.0. The number of hydrogen-bond donors (Lipinski definition) is 1. The highest BCUT2D eigenvalue weighted by Crippen LogP contribution is 2.28. The highest BCUT2D eigenvalue weighted by Gasteiger charge is 2.18. The van der Waals surface area contributed by atoms with Crippen LogP contribution in [0.2, 0.25) is 5.02 Å². The number of aromatic nitrogens is 2. The van der Waals surface area contributed by atoms with E-state index in [1.165, 1.54) is 4.90 Å². The third-order valence-electron chi connectivity index (χ3n) is 3.19. The van der Waals surface area contributed by atoms with Gasteiger partial charge in [0.05, 0.1) is 36.1 Å². The van der Waals surface area contributed by atoms with Gasteiger partial charge in [-0.3, -0.25) is 4.68 Å². The molecule has 0 aliphatic heterocycles. The lowest BCUT2D eigenvalue weighted by molar-refractivity contribution is 0.182. The van der Waals surface area contributed by atoms with E-state index in [-0.39, 0.29) is 6.04 Å². The molecule has 4 nitrogen and oxygen atoms in total. The number of hydrogen-bond acceptors (Lipinski definition) is 4. The van der Waals surface area contributed by atoms with Crippen LogP contribution in [0.3, 0.4) is 0 Å². The summed E-state index contributed by atoms with van der Waals surface area (Å²) < 4.78 is 6.90. The van der Waals surface area contributed by atoms with E-state index in [1.807, 2.05) is 28.6 Å². The number of halogens is 1. The van der Waals surface area contributed by atoms with Gasteiger partial charge >= 0.3 is 0 Å². The van der Waals surface area contributed by atoms with Crippen molar-refractivity contribution < 1.29 is 4.74 Å². The van der Waals surface area contributed by atoms with Crippen molar-refractivity contribution in [1.82, 2.24) is 9.78 Å². The average Bonchev–Trinajstić information content (AvgIpc) is 2.86. The van der Waals surface area contributed by atoms with E-state index in [9.17, 15) is 0 Å². The Morgan fingerprint density at radius 3 is 2.71 bits per heavy atom. The fourth-order valence-corrected chi connectivity index (χ4v) is 3.05. The van der Waals surface area contributed by atoms with Crippen LogP contribution in [-0.4, -0.2) is 29.3 Å². The highest BCUT2D eigenvalue weighted by molar-refractivity contribution is 7.99. The molecule has 1 aromatic carbocycles. The lowest BCUT2D eigenvalue weighted by Gasteiger charge is -2.15. The van der Waals surface area contributed by atoms with Crippen LogP contribution in [-0.2, 0) is 11.3 Å². The molecular weight excluding hydrogens is 306 g/mol. The van der Waals surface area contributed by atoms with Gasteiger partial charge in [-0.05, 0) is 23.4 Å². The second kappa shape index (κ2) is 7.84. The van der Waals surface area contributed by atoms with Crippen molar-refractivity contribution in [3.8, 4) is 0 Å². The summed E-state index contributed by atoms with van der Waals surface area (Å²) in [6.07, 6.45) is 1.63. The number of nitrogens with zero attached hydrogens (tertiary/aromatic N) is 2. The summed E-state index contributed by atoms with van der Waals surface area (Å²) in [7, 11) is 1.66. The summed E-state index contributed by atoms with van der Waals surface area (Å²) in [5, 5.41) is 4.86. The van der Waals surface area contributed by atoms with Gasteiger partial charge < -0.3 is 10.5 Å². The van der Waals surface area contributed by atoms with Crippen LogP contribution < -0.4 is 5.73 Å². The quantitative estimate of drug-likeness (QED) is 0.793. The van der Waals surface area contributed by atoms with E-state index in [4.69, 9.17) is 22.1 Å². The molecule has 0 fully saturated rings. The molecule has 0 radical (unpaired) electrons. The molecule has 0 aliphatic rings. The van der Waals surface area contributed by atoms with Crippen LogP contribution in [0.15, 0.2) is 35.4 Å². The van der Waals surface area contributed by atoms with Crippen molar-refractivity contribution >= 4 is 23.4 Å². The molecule has 0 saturated heterocycles. The molecule has 0 saturated carbocycles. The molecule has 2 aromatic rings. The Kier molecular flexibility index (Phi) is 6.11. The van der Waals surface area contributed by atoms with E-state index in [0.29, 0.717) is 18.2 Å². The van der Waals surface area contributed by atoms with Crippen molar-refractivity contribution in [1.29, 1.82) is 0 Å². The molecule has 1 aromatic heterocycles. The summed E-state index contributed by atoms with van der Waals surface area (Å²) in [6, 6.07) is 7.98. The monoisotopic (exact) mass is 325 g/mol. The maximum atomic E-state index is 6.37. The van der Waals surface area contributed by atoms with Crippen LogP contribution in [0.4, 0.5) is 0 Å². The molecule has 1 atom stereocenters. The van der Waals surface area contributed by atoms with E-state index in [2.05, 4.69) is 24.2 Å². The van der Waals surface area contributed by atoms with Crippen molar-refractivity contribution in [2.45, 2.75) is 24.4 Å². The zero-order chi connectivity index (χ0) is 15.2. The Morgan fingerprint density at radius 2 is 2.10 bits per heavy atom. The number of thioether (sulfide) groups is 1. The number of methoxy groups -OCH3 is 1. The summed E-state index contributed by atoms with van der Waals surface area (Å²) in [5.74, 6) is 1.06. The van der Waals surface area contributed by atoms with Gasteiger partial charge in [0.1, 0.15) is 0 Å². The van der Waals surface area contributed by atoms with Crippen molar-refractivity contribution in [2.75, 3.05) is 19.5 Å². The second-order valence-electron chi connectivity index (χ2n) is 4.57. The molecular formula is C15H20ClN3OS. The SMILES string of the molecule is CCSc1ccc(C(N)c2c(Cl)cnn2CCOC)cc1. The Balaban J connectivity index is 2.22. The Labute approximate surface area is 134 Å². The first-order valence-electron chi connectivity index (χ1n) is 6.85. The molecule has 6 heteroatoms. The molecule has 0 aliphatic carbocycles. The van der Waals surface area contributed by atoms with Gasteiger partial charge in [-0.25, -0.2) is 0 Å². The second-order valence-corrected chi connectivity index (χ2v) is 6.32. The van der Waals surface area contributed by atoms with Gasteiger partial charge in [0.2, 0.25) is 0 Å². The third kappa shape index (κ3) is 4.01. The number of nitrogens with two attached hydrogens (primary N) is 1. The first-order valence-corrected chi connectivity index (χ1v) is 8.22. The van der Waals surface area contributed by atoms with Crippen LogP contribution in [0.25, 0.3) is 0 Å². The average molecular weight is 326 g/mol. The van der Waals surface area contributed by atoms with E-state index in [0.717, 1.165) is 17.0 Å². The predicted molar refractivity (Wildman–Crippen MR) is 88.0 cm³/mol. The van der Waals surface area contributed by atoms with Crippen molar-refractivity contribution in [3.63, 3.8) is 0 Å². The van der Waals surface area contributed by atoms with Crippen LogP contribution in [0.1, 0.15) is 24.2 Å². The highest BCUT2D eigenvalue weighted by atomic mass is 35.5. The molecule has 2 N–H and O–H groups in total.